The molecule has 0 saturated heterocycles. The summed E-state index contributed by atoms with van der Waals surface area (Å²) in [6, 6.07) is 49.6. The van der Waals surface area contributed by atoms with E-state index in [4.69, 9.17) is 4.55 Å². The van der Waals surface area contributed by atoms with Gasteiger partial charge in [0.25, 0.3) is 0 Å². The van der Waals surface area contributed by atoms with E-state index < -0.39 is 42.6 Å². The first kappa shape index (κ1) is 54.3. The smallest absolute Gasteiger partial charge is 0.438 e. The third kappa shape index (κ3) is 14.3. The molecule has 0 aliphatic rings. The average Bonchev–Trinajstić information content (AvgIpc) is 3.15. The first-order valence-electron chi connectivity index (χ1n) is 17.6. The number of benzene rings is 5. The lowest BCUT2D eigenvalue weighted by molar-refractivity contribution is -0.327. The van der Waals surface area contributed by atoms with Gasteiger partial charge in [-0.2, -0.15) is 43.5 Å². The molecule has 61 heavy (non-hydrogen) atoms. The molecule has 0 saturated carbocycles. The summed E-state index contributed by atoms with van der Waals surface area (Å²) in [6.07, 6.45) is 0. The Morgan fingerprint density at radius 2 is 0.705 bits per heavy atom. The van der Waals surface area contributed by atoms with Crippen LogP contribution in [0.5, 0.6) is 0 Å². The molecule has 0 heterocycles. The topological polar surface area (TPSA) is 112 Å². The molecule has 0 bridgehead atoms. The van der Waals surface area contributed by atoms with E-state index >= 15 is 0 Å². The molecule has 0 radical (unpaired) electrons. The highest BCUT2D eigenvalue weighted by molar-refractivity contribution is 14.1. The van der Waals surface area contributed by atoms with Crippen molar-refractivity contribution in [3.8, 4) is 0 Å². The van der Waals surface area contributed by atoms with Crippen LogP contribution >= 0.6 is 45.2 Å². The SMILES string of the molecule is CC(C)(C)c1ccc(I)cc1.CC(C)(C)c1ccc(I)cc1.O=S(=O)([O-])C(F)(F)C(F)(F)C(F)(F)C(F)(F)S(=O)(=O)O.c1ccc([S+](c2ccccc2)c2ccccc2)cc1. The first-order valence-corrected chi connectivity index (χ1v) is 23.8. The number of hydrogen-bond donors (Lipinski definition) is 1. The van der Waals surface area contributed by atoms with Crippen LogP contribution in [-0.4, -0.2) is 48.3 Å². The normalized spacial score (nSPS) is 12.8. The second kappa shape index (κ2) is 21.2. The number of hydrogen-bond acceptors (Lipinski definition) is 5. The molecule has 0 fully saturated rings. The maximum absolute atomic E-state index is 12.6. The van der Waals surface area contributed by atoms with Crippen molar-refractivity contribution in [1.29, 1.82) is 0 Å². The predicted molar refractivity (Wildman–Crippen MR) is 238 cm³/mol. The number of rotatable bonds is 8. The van der Waals surface area contributed by atoms with Crippen molar-refractivity contribution < 1.29 is 61.1 Å². The molecule has 334 valence electrons. The highest BCUT2D eigenvalue weighted by atomic mass is 127. The summed E-state index contributed by atoms with van der Waals surface area (Å²) in [7, 11) is -14.9. The third-order valence-electron chi connectivity index (χ3n) is 8.12. The lowest BCUT2D eigenvalue weighted by Gasteiger charge is -2.35. The lowest BCUT2D eigenvalue weighted by Crippen LogP contribution is -2.66. The Bertz CT molecular complexity index is 2140. The molecule has 0 amide bonds. The van der Waals surface area contributed by atoms with Crippen LogP contribution in [0, 0.1) is 7.14 Å². The van der Waals surface area contributed by atoms with Crippen molar-refractivity contribution in [2.45, 2.75) is 89.4 Å². The first-order chi connectivity index (χ1) is 27.7. The molecule has 5 rings (SSSR count). The largest absolute Gasteiger partial charge is 0.743 e. The summed E-state index contributed by atoms with van der Waals surface area (Å²) < 4.78 is 159. The summed E-state index contributed by atoms with van der Waals surface area (Å²) in [5.41, 5.74) is 3.37. The molecule has 0 atom stereocenters. The van der Waals surface area contributed by atoms with Gasteiger partial charge in [0.1, 0.15) is 0 Å². The van der Waals surface area contributed by atoms with E-state index in [0.717, 1.165) is 0 Å². The Hall–Kier alpha value is -2.83. The second-order valence-corrected chi connectivity index (χ2v) is 22.3. The van der Waals surface area contributed by atoms with Gasteiger partial charge in [-0.3, -0.25) is 4.55 Å². The maximum atomic E-state index is 12.6. The van der Waals surface area contributed by atoms with Gasteiger partial charge in [-0.15, -0.1) is 0 Å². The maximum Gasteiger partial charge on any atom is 0.438 e. The van der Waals surface area contributed by atoms with Gasteiger partial charge < -0.3 is 4.55 Å². The van der Waals surface area contributed by atoms with E-state index in [-0.39, 0.29) is 21.7 Å². The van der Waals surface area contributed by atoms with Crippen molar-refractivity contribution in [2.75, 3.05) is 0 Å². The molecule has 0 aromatic heterocycles. The third-order valence-corrected chi connectivity index (χ3v) is 13.6. The van der Waals surface area contributed by atoms with Gasteiger partial charge in [-0.25, -0.2) is 8.42 Å². The summed E-state index contributed by atoms with van der Waals surface area (Å²) in [5.74, 6) is -15.3. The zero-order chi connectivity index (χ0) is 46.9. The van der Waals surface area contributed by atoms with Crippen molar-refractivity contribution in [2.24, 2.45) is 0 Å². The van der Waals surface area contributed by atoms with E-state index in [9.17, 15) is 56.5 Å². The standard InChI is InChI=1S/C18H15S.2C10H13I.C4H2F8O6S2/c1-4-10-16(11-5-1)19(17-12-6-2-7-13-17)18-14-8-3-9-15-18;2*1-10(2,3)8-4-6-9(11)7-5-8;5-1(6,3(9,10)19(13,14)15)2(7,8)4(11,12)20(16,17)18/h1-15H;2*4-7H,1-3H3;(H,13,14,15)(H,16,17,18)/q+1;;;/p-1. The molecule has 0 unspecified atom stereocenters. The molecule has 5 aromatic carbocycles. The van der Waals surface area contributed by atoms with Gasteiger partial charge in [0.2, 0.25) is 0 Å². The fourth-order valence-electron chi connectivity index (χ4n) is 4.66. The molecular weight excluding hydrogens is 1100 g/mol. The van der Waals surface area contributed by atoms with Gasteiger partial charge in [0, 0.05) is 7.14 Å². The molecule has 19 heteroatoms. The van der Waals surface area contributed by atoms with Crippen LogP contribution in [0.4, 0.5) is 35.1 Å². The molecule has 0 aliphatic carbocycles. The molecular formula is C42H42F8I2O6S3. The monoisotopic (exact) mass is 1140 g/mol. The van der Waals surface area contributed by atoms with Crippen LogP contribution in [0.25, 0.3) is 0 Å². The molecule has 6 nitrogen and oxygen atoms in total. The van der Waals surface area contributed by atoms with Crippen LogP contribution in [0.15, 0.2) is 154 Å². The van der Waals surface area contributed by atoms with Crippen molar-refractivity contribution >= 4 is 76.3 Å². The summed E-state index contributed by atoms with van der Waals surface area (Å²) in [4.78, 5) is 4.08. The van der Waals surface area contributed by atoms with Crippen molar-refractivity contribution in [1.82, 2.24) is 0 Å². The van der Waals surface area contributed by atoms with Crippen LogP contribution in [-0.2, 0) is 42.0 Å². The van der Waals surface area contributed by atoms with Gasteiger partial charge in [0.05, 0.1) is 10.9 Å². The zero-order valence-electron chi connectivity index (χ0n) is 33.3. The van der Waals surface area contributed by atoms with Crippen molar-refractivity contribution in [3.05, 3.63) is 158 Å². The van der Waals surface area contributed by atoms with Crippen LogP contribution in [0.1, 0.15) is 52.7 Å². The van der Waals surface area contributed by atoms with Crippen molar-refractivity contribution in [3.63, 3.8) is 0 Å². The molecule has 0 aliphatic heterocycles. The average molecular weight is 1140 g/mol. The fourth-order valence-corrected chi connectivity index (χ4v) is 8.38. The summed E-state index contributed by atoms with van der Waals surface area (Å²) in [6.45, 7) is 13.4. The zero-order valence-corrected chi connectivity index (χ0v) is 40.0. The van der Waals surface area contributed by atoms with E-state index in [2.05, 4.69) is 226 Å². The Morgan fingerprint density at radius 3 is 0.918 bits per heavy atom. The second-order valence-electron chi connectivity index (χ2n) is 14.9. The van der Waals surface area contributed by atoms with Crippen LogP contribution in [0.2, 0.25) is 0 Å². The number of halogens is 10. The van der Waals surface area contributed by atoms with E-state index in [0.29, 0.717) is 0 Å². The molecule has 0 spiro atoms. The summed E-state index contributed by atoms with van der Waals surface area (Å²) in [5, 5.41) is -14.5. The Morgan fingerprint density at radius 1 is 0.459 bits per heavy atom. The van der Waals surface area contributed by atoms with Gasteiger partial charge in [-0.05, 0) is 128 Å². The van der Waals surface area contributed by atoms with Gasteiger partial charge in [-0.1, -0.05) is 120 Å². The predicted octanol–water partition coefficient (Wildman–Crippen LogP) is 12.8. The minimum Gasteiger partial charge on any atom is -0.743 e. The molecule has 1 N–H and O–H groups in total. The van der Waals surface area contributed by atoms with Crippen LogP contribution in [0.3, 0.4) is 0 Å². The van der Waals surface area contributed by atoms with Gasteiger partial charge >= 0.3 is 32.5 Å². The van der Waals surface area contributed by atoms with Crippen LogP contribution < -0.4 is 0 Å². The Kier molecular flexibility index (Phi) is 18.9. The highest BCUT2D eigenvalue weighted by Gasteiger charge is 2.86. The number of alkyl halides is 8. The lowest BCUT2D eigenvalue weighted by atomic mass is 9.87. The Labute approximate surface area is 381 Å². The molecule has 5 aromatic rings. The highest BCUT2D eigenvalue weighted by Crippen LogP contribution is 2.55. The van der Waals surface area contributed by atoms with Gasteiger partial charge in [0.15, 0.2) is 24.8 Å². The van der Waals surface area contributed by atoms with E-state index in [1.165, 1.54) is 33.0 Å². The minimum atomic E-state index is -7.64. The minimum absolute atomic E-state index is 0.0146. The quantitative estimate of drug-likeness (QED) is 0.0717. The fraction of sp³-hybridized carbons (Fsp3) is 0.286. The Balaban J connectivity index is 0.000000290. The van der Waals surface area contributed by atoms with E-state index in [1.807, 2.05) is 0 Å². The van der Waals surface area contributed by atoms with E-state index in [1.54, 1.807) is 0 Å². The summed E-state index contributed by atoms with van der Waals surface area (Å²) >= 11 is 4.65.